The molecule has 8 heteroatoms. The summed E-state index contributed by atoms with van der Waals surface area (Å²) < 4.78 is 0. The molecule has 0 aliphatic carbocycles. The van der Waals surface area contributed by atoms with E-state index < -0.39 is 5.91 Å². The smallest absolute Gasteiger partial charge is 0.275 e. The van der Waals surface area contributed by atoms with Gasteiger partial charge < -0.3 is 10.6 Å². The van der Waals surface area contributed by atoms with Gasteiger partial charge in [0.15, 0.2) is 0 Å². The Balaban J connectivity index is 1.70. The Hall–Kier alpha value is -3.14. The predicted octanol–water partition coefficient (Wildman–Crippen LogP) is 4.65. The molecule has 0 fully saturated rings. The summed E-state index contributed by atoms with van der Waals surface area (Å²) in [4.78, 5) is 20.5. The first kappa shape index (κ1) is 17.7. The molecule has 0 aliphatic rings. The topological polar surface area (TPSA) is 90.7 Å². The van der Waals surface area contributed by atoms with E-state index in [2.05, 4.69) is 20.6 Å². The Labute approximate surface area is 159 Å². The number of para-hydroxylation sites is 1. The minimum Gasteiger partial charge on any atom is -0.339 e. The lowest BCUT2D eigenvalue weighted by atomic mass is 10.2. The summed E-state index contributed by atoms with van der Waals surface area (Å²) in [6.45, 7) is 0. The zero-order valence-corrected chi connectivity index (χ0v) is 14.7. The number of carbonyl (C=O) groups is 1. The summed E-state index contributed by atoms with van der Waals surface area (Å²) in [5.41, 5.74) is 1.75. The van der Waals surface area contributed by atoms with Gasteiger partial charge in [-0.05, 0) is 36.4 Å². The molecule has 1 heterocycles. The quantitative estimate of drug-likeness (QED) is 0.683. The van der Waals surface area contributed by atoms with E-state index in [1.807, 2.05) is 6.07 Å². The van der Waals surface area contributed by atoms with Crippen LogP contribution in [0.25, 0.3) is 0 Å². The van der Waals surface area contributed by atoms with Crippen LogP contribution in [0.1, 0.15) is 16.1 Å². The van der Waals surface area contributed by atoms with E-state index in [-0.39, 0.29) is 5.69 Å². The van der Waals surface area contributed by atoms with Crippen LogP contribution in [0.4, 0.5) is 17.2 Å². The van der Waals surface area contributed by atoms with Gasteiger partial charge in [0.05, 0.1) is 39.8 Å². The normalized spacial score (nSPS) is 10.0. The SMILES string of the molecule is N#Cc1ccc(Nc2cnc(C(=O)Nc3c(Cl)cccc3Cl)cn2)cc1. The Morgan fingerprint density at radius 3 is 2.27 bits per heavy atom. The monoisotopic (exact) mass is 383 g/mol. The van der Waals surface area contributed by atoms with Crippen molar-refractivity contribution in [2.75, 3.05) is 10.6 Å². The molecule has 3 rings (SSSR count). The second-order valence-corrected chi connectivity index (χ2v) is 5.97. The molecular formula is C18H11Cl2N5O. The fourth-order valence-electron chi connectivity index (χ4n) is 2.08. The number of benzene rings is 2. The van der Waals surface area contributed by atoms with E-state index in [9.17, 15) is 4.79 Å². The van der Waals surface area contributed by atoms with E-state index in [1.165, 1.54) is 12.4 Å². The third-order valence-electron chi connectivity index (χ3n) is 3.37. The maximum Gasteiger partial charge on any atom is 0.275 e. The van der Waals surface area contributed by atoms with Gasteiger partial charge in [0.25, 0.3) is 5.91 Å². The zero-order chi connectivity index (χ0) is 18.5. The number of rotatable bonds is 4. The van der Waals surface area contributed by atoms with Crippen molar-refractivity contribution in [3.05, 3.63) is 76.2 Å². The van der Waals surface area contributed by atoms with Crippen molar-refractivity contribution in [2.24, 2.45) is 0 Å². The molecule has 2 N–H and O–H groups in total. The average molecular weight is 384 g/mol. The molecule has 1 amide bonds. The van der Waals surface area contributed by atoms with Crippen LogP contribution in [0.3, 0.4) is 0 Å². The highest BCUT2D eigenvalue weighted by atomic mass is 35.5. The van der Waals surface area contributed by atoms with Crippen LogP contribution in [0.15, 0.2) is 54.9 Å². The Bertz CT molecular complexity index is 962. The van der Waals surface area contributed by atoms with E-state index in [1.54, 1.807) is 42.5 Å². The number of aromatic nitrogens is 2. The van der Waals surface area contributed by atoms with E-state index >= 15 is 0 Å². The number of carbonyl (C=O) groups excluding carboxylic acids is 1. The molecule has 0 unspecified atom stereocenters. The predicted molar refractivity (Wildman–Crippen MR) is 101 cm³/mol. The number of anilines is 3. The standard InChI is InChI=1S/C18H11Cl2N5O/c19-13-2-1-3-14(20)17(13)25-18(26)15-9-23-16(10-22-15)24-12-6-4-11(8-21)5-7-12/h1-7,9-10H,(H,23,24)(H,25,26). The van der Waals surface area contributed by atoms with Gasteiger partial charge in [-0.2, -0.15) is 5.26 Å². The van der Waals surface area contributed by atoms with Crippen molar-refractivity contribution in [1.82, 2.24) is 9.97 Å². The molecule has 0 saturated carbocycles. The summed E-state index contributed by atoms with van der Waals surface area (Å²) in [6, 6.07) is 13.9. The van der Waals surface area contributed by atoms with Crippen molar-refractivity contribution < 1.29 is 4.79 Å². The first-order valence-electron chi connectivity index (χ1n) is 7.41. The minimum absolute atomic E-state index is 0.117. The lowest BCUT2D eigenvalue weighted by Gasteiger charge is -2.09. The van der Waals surface area contributed by atoms with Gasteiger partial charge in [0.2, 0.25) is 0 Å². The number of nitriles is 1. The second kappa shape index (κ2) is 7.83. The number of halogens is 2. The second-order valence-electron chi connectivity index (χ2n) is 5.15. The molecule has 0 spiro atoms. The maximum absolute atomic E-state index is 12.3. The average Bonchev–Trinajstić information content (AvgIpc) is 2.66. The first-order valence-corrected chi connectivity index (χ1v) is 8.17. The molecule has 1 aromatic heterocycles. The lowest BCUT2D eigenvalue weighted by molar-refractivity contribution is 0.102. The van der Waals surface area contributed by atoms with Crippen LogP contribution in [-0.2, 0) is 0 Å². The van der Waals surface area contributed by atoms with Crippen LogP contribution in [-0.4, -0.2) is 15.9 Å². The van der Waals surface area contributed by atoms with Crippen LogP contribution in [0.2, 0.25) is 10.0 Å². The molecule has 3 aromatic rings. The van der Waals surface area contributed by atoms with Crippen molar-refractivity contribution in [1.29, 1.82) is 5.26 Å². The molecule has 0 saturated heterocycles. The van der Waals surface area contributed by atoms with Crippen LogP contribution in [0.5, 0.6) is 0 Å². The molecule has 26 heavy (non-hydrogen) atoms. The maximum atomic E-state index is 12.3. The largest absolute Gasteiger partial charge is 0.339 e. The summed E-state index contributed by atoms with van der Waals surface area (Å²) in [5, 5.41) is 15.1. The van der Waals surface area contributed by atoms with Crippen molar-refractivity contribution in [3.8, 4) is 6.07 Å². The van der Waals surface area contributed by atoms with E-state index in [0.717, 1.165) is 5.69 Å². The molecular weight excluding hydrogens is 373 g/mol. The minimum atomic E-state index is -0.475. The number of hydrogen-bond donors (Lipinski definition) is 2. The lowest BCUT2D eigenvalue weighted by Crippen LogP contribution is -2.15. The van der Waals surface area contributed by atoms with Crippen LogP contribution < -0.4 is 10.6 Å². The fraction of sp³-hybridized carbons (Fsp3) is 0. The van der Waals surface area contributed by atoms with Crippen molar-refractivity contribution >= 4 is 46.3 Å². The zero-order valence-electron chi connectivity index (χ0n) is 13.2. The summed E-state index contributed by atoms with van der Waals surface area (Å²) in [6.07, 6.45) is 2.77. The summed E-state index contributed by atoms with van der Waals surface area (Å²) >= 11 is 12.1. The summed E-state index contributed by atoms with van der Waals surface area (Å²) in [5.74, 6) is -0.0144. The Morgan fingerprint density at radius 2 is 1.69 bits per heavy atom. The van der Waals surface area contributed by atoms with Gasteiger partial charge in [-0.3, -0.25) is 4.79 Å². The van der Waals surface area contributed by atoms with Gasteiger partial charge in [-0.25, -0.2) is 9.97 Å². The van der Waals surface area contributed by atoms with Crippen molar-refractivity contribution in [3.63, 3.8) is 0 Å². The number of hydrogen-bond acceptors (Lipinski definition) is 5. The number of nitrogens with one attached hydrogen (secondary N) is 2. The molecule has 0 aliphatic heterocycles. The van der Waals surface area contributed by atoms with Gasteiger partial charge in [-0.15, -0.1) is 0 Å². The molecule has 0 radical (unpaired) electrons. The molecule has 128 valence electrons. The number of nitrogens with zero attached hydrogens (tertiary/aromatic N) is 3. The Morgan fingerprint density at radius 1 is 1.00 bits per heavy atom. The van der Waals surface area contributed by atoms with Gasteiger partial charge in [0.1, 0.15) is 11.5 Å². The first-order chi connectivity index (χ1) is 12.6. The van der Waals surface area contributed by atoms with Gasteiger partial charge in [-0.1, -0.05) is 29.3 Å². The third-order valence-corrected chi connectivity index (χ3v) is 4.00. The van der Waals surface area contributed by atoms with Crippen LogP contribution >= 0.6 is 23.2 Å². The Kier molecular flexibility index (Phi) is 5.32. The van der Waals surface area contributed by atoms with E-state index in [0.29, 0.717) is 27.1 Å². The van der Waals surface area contributed by atoms with Crippen molar-refractivity contribution in [2.45, 2.75) is 0 Å². The highest BCUT2D eigenvalue weighted by molar-refractivity contribution is 6.39. The molecule has 2 aromatic carbocycles. The third kappa shape index (κ3) is 4.09. The van der Waals surface area contributed by atoms with Gasteiger partial charge >= 0.3 is 0 Å². The van der Waals surface area contributed by atoms with Crippen LogP contribution in [0, 0.1) is 11.3 Å². The highest BCUT2D eigenvalue weighted by Gasteiger charge is 2.13. The summed E-state index contributed by atoms with van der Waals surface area (Å²) in [7, 11) is 0. The molecule has 6 nitrogen and oxygen atoms in total. The fourth-order valence-corrected chi connectivity index (χ4v) is 2.57. The molecule has 0 atom stereocenters. The van der Waals surface area contributed by atoms with Gasteiger partial charge in [0, 0.05) is 5.69 Å². The highest BCUT2D eigenvalue weighted by Crippen LogP contribution is 2.30. The molecule has 0 bridgehead atoms. The number of amides is 1. The van der Waals surface area contributed by atoms with E-state index in [4.69, 9.17) is 28.5 Å².